The van der Waals surface area contributed by atoms with Gasteiger partial charge >= 0.3 is 18.0 Å². The molecular formula is C102H116N24O7. The highest BCUT2D eigenvalue weighted by Crippen LogP contribution is 2.42. The van der Waals surface area contributed by atoms with Crippen LogP contribution in [0.5, 0.6) is 18.0 Å². The van der Waals surface area contributed by atoms with Crippen LogP contribution in [0, 0.1) is 63.1 Å². The first-order chi connectivity index (χ1) is 64.7. The second kappa shape index (κ2) is 42.5. The molecule has 0 unspecified atom stereocenters. The Balaban J connectivity index is 0.000000145. The van der Waals surface area contributed by atoms with Gasteiger partial charge in [-0.2, -0.15) is 40.4 Å². The van der Waals surface area contributed by atoms with Crippen LogP contribution in [-0.2, 0) is 58.1 Å². The molecule has 31 nitrogen and oxygen atoms in total. The zero-order valence-electron chi connectivity index (χ0n) is 76.9. The van der Waals surface area contributed by atoms with Crippen LogP contribution in [0.4, 0.5) is 34.5 Å². The molecule has 6 aromatic carbocycles. The van der Waals surface area contributed by atoms with E-state index in [9.17, 15) is 19.2 Å². The molecule has 9 aliphatic heterocycles. The van der Waals surface area contributed by atoms with E-state index in [0.717, 1.165) is 154 Å². The smallest absolute Gasteiger partial charge is 0.318 e. The van der Waals surface area contributed by atoms with Gasteiger partial charge in [-0.25, -0.2) is 19.7 Å². The Morgan fingerprint density at radius 1 is 0.398 bits per heavy atom. The van der Waals surface area contributed by atoms with Crippen molar-refractivity contribution < 1.29 is 33.4 Å². The van der Waals surface area contributed by atoms with E-state index in [0.29, 0.717) is 135 Å². The van der Waals surface area contributed by atoms with Gasteiger partial charge in [0.2, 0.25) is 43.3 Å². The van der Waals surface area contributed by atoms with Crippen molar-refractivity contribution in [1.82, 2.24) is 59.3 Å². The van der Waals surface area contributed by atoms with Gasteiger partial charge in [-0.3, -0.25) is 19.2 Å². The number of piperazine rings is 3. The Kier molecular flexibility index (Phi) is 29.5. The van der Waals surface area contributed by atoms with Crippen molar-refractivity contribution in [2.75, 3.05) is 188 Å². The van der Waals surface area contributed by atoms with Gasteiger partial charge in [0, 0.05) is 183 Å². The van der Waals surface area contributed by atoms with Gasteiger partial charge in [0.25, 0.3) is 0 Å². The number of primary amides is 1. The Hall–Kier alpha value is -14.0. The number of nitrogens with two attached hydrogens (primary N) is 1. The maximum Gasteiger partial charge on any atom is 0.318 e. The standard InChI is InChI=1S/C34H40N8O3.2C34H38N8O2/c1-23-7-4-8-24-9-5-11-29(32(23)24)40-16-14-27-28(21-40)37-34(45-22-25-10-6-15-39(25)3)38-33(27)41-17-18-42(26(20-41)19-36-2)31(44)13-12-30(35)43;2*1-24-8-4-9-25-10-5-12-30(32(24)25)40-17-14-28-29(22-40)37-34(44-23-26-11-7-16-39(26)3)38-33(28)41-18-19-42(27(21-41)20-36-2)31(43)13-6-15-35/h4-5,7-9,11-13,25-26H,6,10,14-22H2,1,3H3,(H2,35,43);2*4-6,8-10,12-13,26-27H,7,11,14,16-23H2,1,3H3/b13-12+;13-6+;13-6-/t25-,26-;2*26-,27-/m000/s1. The summed E-state index contributed by atoms with van der Waals surface area (Å²) >= 11 is 0. The fourth-order valence-electron chi connectivity index (χ4n) is 20.6. The number of amides is 4. The van der Waals surface area contributed by atoms with Crippen LogP contribution < -0.4 is 49.3 Å². The molecule has 3 aromatic heterocycles. The van der Waals surface area contributed by atoms with Crippen LogP contribution in [0.3, 0.4) is 0 Å². The third kappa shape index (κ3) is 21.0. The zero-order valence-corrected chi connectivity index (χ0v) is 76.9. The van der Waals surface area contributed by atoms with E-state index < -0.39 is 5.91 Å². The van der Waals surface area contributed by atoms with Gasteiger partial charge < -0.3 is 93.3 Å². The van der Waals surface area contributed by atoms with Crippen molar-refractivity contribution in [2.24, 2.45) is 5.73 Å². The van der Waals surface area contributed by atoms with Gasteiger partial charge in [-0.15, -0.1) is 0 Å². The van der Waals surface area contributed by atoms with Gasteiger partial charge in [0.1, 0.15) is 55.4 Å². The Bertz CT molecular complexity index is 5890. The molecule has 133 heavy (non-hydrogen) atoms. The largest absolute Gasteiger partial charge is 0.462 e. The van der Waals surface area contributed by atoms with E-state index in [1.54, 1.807) is 14.7 Å². The Labute approximate surface area is 778 Å². The summed E-state index contributed by atoms with van der Waals surface area (Å²) in [5.41, 5.74) is 18.7. The molecule has 18 rings (SSSR count). The summed E-state index contributed by atoms with van der Waals surface area (Å²) in [6.07, 6.45) is 16.3. The number of aryl methyl sites for hydroxylation is 3. The number of aromatic nitrogens is 6. The second-order valence-corrected chi connectivity index (χ2v) is 36.0. The lowest BCUT2D eigenvalue weighted by Crippen LogP contribution is -2.56. The zero-order chi connectivity index (χ0) is 92.8. The van der Waals surface area contributed by atoms with Crippen LogP contribution in [0.25, 0.3) is 46.9 Å². The summed E-state index contributed by atoms with van der Waals surface area (Å²) in [5.74, 6) is 1.02. The number of carbonyl (C=O) groups is 4. The predicted octanol–water partition coefficient (Wildman–Crippen LogP) is 10.9. The molecule has 0 bridgehead atoms. The number of likely N-dealkylation sites (N-methyl/N-ethyl adjacent to an activating group) is 3. The maximum absolute atomic E-state index is 12.9. The van der Waals surface area contributed by atoms with Crippen molar-refractivity contribution in [3.05, 3.63) is 230 Å². The first-order valence-electron chi connectivity index (χ1n) is 46.4. The third-order valence-corrected chi connectivity index (χ3v) is 27.7. The molecular weight excluding hydrogens is 1670 g/mol. The molecule has 6 atom stereocenters. The molecule has 12 heterocycles. The SMILES string of the molecule is [C-]#[N+]C[C@H]1CN(c2nc(OC[C@@H]3CCCN3C)nc3c2CCN(c2cccc4cccc(C)c24)C3)CCN1C(=O)/C=C/C#N.[C-]#[N+]C[C@H]1CN(c2nc(OC[C@@H]3CCCN3C)nc3c2CCN(c2cccc4cccc(C)c24)C3)CCN1C(=O)/C=C/C(N)=O.[C-]#[N+]C[C@H]1CN(c2nc(OC[C@@H]3CCCN3C)nc3c2CCN(c2cccc4cccc(C)c24)C3)CCN1C(=O)/C=C\C#N. The van der Waals surface area contributed by atoms with Gasteiger partial charge in [0.05, 0.1) is 48.9 Å². The number of anilines is 6. The van der Waals surface area contributed by atoms with Crippen LogP contribution in [0.15, 0.2) is 146 Å². The van der Waals surface area contributed by atoms with Gasteiger partial charge in [0.15, 0.2) is 0 Å². The number of fused-ring (bicyclic) bond motifs is 6. The molecule has 2 N–H and O–H groups in total. The average molecular weight is 1790 g/mol. The first kappa shape index (κ1) is 92.2. The number of nitriles is 2. The topological polar surface area (TPSA) is 299 Å². The monoisotopic (exact) mass is 1790 g/mol. The quantitative estimate of drug-likeness (QED) is 0.0374. The Morgan fingerprint density at radius 3 is 0.977 bits per heavy atom. The lowest BCUT2D eigenvalue weighted by Gasteiger charge is -2.41. The fourth-order valence-corrected chi connectivity index (χ4v) is 20.6. The number of allylic oxidation sites excluding steroid dienone is 2. The molecule has 0 spiro atoms. The highest BCUT2D eigenvalue weighted by atomic mass is 16.5. The summed E-state index contributed by atoms with van der Waals surface area (Å²) in [6.45, 7) is 43.1. The number of hydrogen-bond acceptors (Lipinski definition) is 24. The minimum absolute atomic E-state index is 0.144. The molecule has 686 valence electrons. The van der Waals surface area contributed by atoms with Crippen molar-refractivity contribution in [2.45, 2.75) is 134 Å². The molecule has 9 aromatic rings. The minimum atomic E-state index is -0.680. The second-order valence-electron chi connectivity index (χ2n) is 36.0. The number of carbonyl (C=O) groups excluding carboxylic acids is 4. The number of ether oxygens (including phenoxy) is 3. The van der Waals surface area contributed by atoms with E-state index in [1.807, 2.05) is 12.1 Å². The lowest BCUT2D eigenvalue weighted by atomic mass is 9.99. The van der Waals surface area contributed by atoms with Gasteiger partial charge in [-0.1, -0.05) is 91.0 Å². The normalized spacial score (nSPS) is 20.5. The third-order valence-electron chi connectivity index (χ3n) is 27.7. The number of rotatable bonds is 22. The van der Waals surface area contributed by atoms with Crippen molar-refractivity contribution in [3.63, 3.8) is 0 Å². The van der Waals surface area contributed by atoms with Crippen LogP contribution >= 0.6 is 0 Å². The number of nitrogens with zero attached hydrogens (tertiary/aromatic N) is 23. The van der Waals surface area contributed by atoms with E-state index >= 15 is 0 Å². The molecule has 0 radical (unpaired) electrons. The first-order valence-corrected chi connectivity index (χ1v) is 46.4. The van der Waals surface area contributed by atoms with E-state index in [2.05, 4.69) is 210 Å². The number of hydrogen-bond donors (Lipinski definition) is 1. The molecule has 31 heteroatoms. The van der Waals surface area contributed by atoms with Crippen molar-refractivity contribution >= 4 is 90.5 Å². The Morgan fingerprint density at radius 2 is 0.699 bits per heavy atom. The van der Waals surface area contributed by atoms with Crippen molar-refractivity contribution in [1.29, 1.82) is 10.5 Å². The summed E-state index contributed by atoms with van der Waals surface area (Å²) in [5, 5.41) is 25.3. The lowest BCUT2D eigenvalue weighted by molar-refractivity contribution is -0.129. The van der Waals surface area contributed by atoms with Crippen molar-refractivity contribution in [3.8, 4) is 30.2 Å². The summed E-state index contributed by atoms with van der Waals surface area (Å²) in [7, 11) is 6.39. The molecule has 9 aliphatic rings. The molecule has 6 saturated heterocycles. The molecule has 6 fully saturated rings. The van der Waals surface area contributed by atoms with Gasteiger partial charge in [-0.05, 0) is 170 Å². The highest BCUT2D eigenvalue weighted by Gasteiger charge is 2.41. The number of benzene rings is 6. The van der Waals surface area contributed by atoms with Crippen LogP contribution in [-0.4, -0.2) is 278 Å². The molecule has 0 aliphatic carbocycles. The molecule has 0 saturated carbocycles. The maximum atomic E-state index is 12.9. The summed E-state index contributed by atoms with van der Waals surface area (Å²) in [6, 6.07) is 43.6. The predicted molar refractivity (Wildman–Crippen MR) is 515 cm³/mol. The summed E-state index contributed by atoms with van der Waals surface area (Å²) in [4.78, 5) is 116. The van der Waals surface area contributed by atoms with Crippen LogP contribution in [0.2, 0.25) is 0 Å². The molecule has 4 amide bonds. The minimum Gasteiger partial charge on any atom is -0.462 e. The number of likely N-dealkylation sites (tertiary alicyclic amines) is 3. The summed E-state index contributed by atoms with van der Waals surface area (Å²) < 4.78 is 18.9. The highest BCUT2D eigenvalue weighted by molar-refractivity contribution is 6.00. The fraction of sp³-hybridized carbons (Fsp3) is 0.441. The van der Waals surface area contributed by atoms with E-state index in [-0.39, 0.29) is 55.5 Å². The average Bonchev–Trinajstić information content (AvgIpc) is 1.36. The van der Waals surface area contributed by atoms with Crippen LogP contribution in [0.1, 0.15) is 89.0 Å². The van der Waals surface area contributed by atoms with E-state index in [1.165, 1.54) is 96.4 Å². The van der Waals surface area contributed by atoms with E-state index in [4.69, 9.17) is 80.1 Å².